The minimum Gasteiger partial charge on any atom is -0.478 e. The van der Waals surface area contributed by atoms with Crippen molar-refractivity contribution >= 4 is 15.8 Å². The molecule has 0 heterocycles. The summed E-state index contributed by atoms with van der Waals surface area (Å²) in [5.41, 5.74) is 1.23. The van der Waals surface area contributed by atoms with E-state index in [1.807, 2.05) is 6.92 Å². The third-order valence-electron chi connectivity index (χ3n) is 3.05. The summed E-state index contributed by atoms with van der Waals surface area (Å²) in [5.74, 6) is -1.28. The lowest BCUT2D eigenvalue weighted by Crippen LogP contribution is -2.15. The van der Waals surface area contributed by atoms with E-state index < -0.39 is 15.8 Å². The van der Waals surface area contributed by atoms with Gasteiger partial charge in [0.2, 0.25) is 0 Å². The van der Waals surface area contributed by atoms with Gasteiger partial charge in [-0.2, -0.15) is 0 Å². The molecule has 1 N–H and O–H groups in total. The van der Waals surface area contributed by atoms with Crippen LogP contribution in [0.2, 0.25) is 0 Å². The van der Waals surface area contributed by atoms with Gasteiger partial charge in [-0.3, -0.25) is 0 Å². The minimum absolute atomic E-state index is 0.0128. The van der Waals surface area contributed by atoms with Crippen molar-refractivity contribution in [1.29, 1.82) is 0 Å². The van der Waals surface area contributed by atoms with Crippen molar-refractivity contribution < 1.29 is 23.1 Å². The lowest BCUT2D eigenvalue weighted by Gasteiger charge is -2.11. The molecule has 0 amide bonds. The molecule has 0 bridgehead atoms. The lowest BCUT2D eigenvalue weighted by molar-refractivity contribution is 0.0696. The maximum Gasteiger partial charge on any atom is 0.335 e. The second kappa shape index (κ2) is 6.85. The first kappa shape index (κ1) is 16.7. The Morgan fingerprint density at radius 2 is 1.90 bits per heavy atom. The van der Waals surface area contributed by atoms with Crippen LogP contribution in [0.5, 0.6) is 0 Å². The van der Waals surface area contributed by atoms with Crippen LogP contribution in [0.3, 0.4) is 0 Å². The Bertz CT molecular complexity index is 590. The fourth-order valence-corrected chi connectivity index (χ4v) is 3.29. The van der Waals surface area contributed by atoms with Crippen molar-refractivity contribution in [1.82, 2.24) is 0 Å². The summed E-state index contributed by atoms with van der Waals surface area (Å²) < 4.78 is 29.7. The highest BCUT2D eigenvalue weighted by molar-refractivity contribution is 7.91. The first-order chi connectivity index (χ1) is 9.29. The summed E-state index contributed by atoms with van der Waals surface area (Å²) in [6.07, 6.45) is 0.826. The van der Waals surface area contributed by atoms with Gasteiger partial charge in [0.15, 0.2) is 9.84 Å². The molecule has 0 radical (unpaired) electrons. The van der Waals surface area contributed by atoms with E-state index in [-0.39, 0.29) is 22.8 Å². The number of hydrogen-bond acceptors (Lipinski definition) is 4. The van der Waals surface area contributed by atoms with Crippen LogP contribution in [0.25, 0.3) is 0 Å². The molecule has 1 rings (SSSR count). The molecule has 0 saturated heterocycles. The Kier molecular flexibility index (Phi) is 5.71. The van der Waals surface area contributed by atoms with Crippen molar-refractivity contribution in [3.05, 3.63) is 28.8 Å². The van der Waals surface area contributed by atoms with Crippen LogP contribution in [0.1, 0.15) is 34.8 Å². The highest BCUT2D eigenvalue weighted by Crippen LogP contribution is 2.22. The van der Waals surface area contributed by atoms with Gasteiger partial charge in [-0.25, -0.2) is 13.2 Å². The standard InChI is InChI=1S/C14H20O5S/c1-4-5-19-6-7-20(17,18)13-9-12(14(15)16)8-10(2)11(13)3/h8-9H,4-7H2,1-3H3,(H,15,16). The van der Waals surface area contributed by atoms with E-state index in [1.54, 1.807) is 13.8 Å². The fourth-order valence-electron chi connectivity index (χ4n) is 1.80. The number of carboxylic acid groups (broad SMARTS) is 1. The molecule has 20 heavy (non-hydrogen) atoms. The normalized spacial score (nSPS) is 11.6. The third-order valence-corrected chi connectivity index (χ3v) is 4.84. The summed E-state index contributed by atoms with van der Waals surface area (Å²) in [6.45, 7) is 5.96. The highest BCUT2D eigenvalue weighted by Gasteiger charge is 2.20. The zero-order chi connectivity index (χ0) is 15.3. The number of ether oxygens (including phenoxy) is 1. The first-order valence-electron chi connectivity index (χ1n) is 6.44. The largest absolute Gasteiger partial charge is 0.478 e. The zero-order valence-corrected chi connectivity index (χ0v) is 12.8. The summed E-state index contributed by atoms with van der Waals surface area (Å²) in [6, 6.07) is 2.70. The molecule has 5 nitrogen and oxygen atoms in total. The molecule has 6 heteroatoms. The van der Waals surface area contributed by atoms with Gasteiger partial charge in [-0.1, -0.05) is 6.92 Å². The van der Waals surface area contributed by atoms with Crippen LogP contribution >= 0.6 is 0 Å². The minimum atomic E-state index is -3.54. The van der Waals surface area contributed by atoms with E-state index in [0.717, 1.165) is 6.42 Å². The zero-order valence-electron chi connectivity index (χ0n) is 12.0. The number of aryl methyl sites for hydroxylation is 1. The highest BCUT2D eigenvalue weighted by atomic mass is 32.2. The number of sulfone groups is 1. The van der Waals surface area contributed by atoms with Crippen LogP contribution in [-0.2, 0) is 14.6 Å². The van der Waals surface area contributed by atoms with Gasteiger partial charge in [0.25, 0.3) is 0 Å². The smallest absolute Gasteiger partial charge is 0.335 e. The lowest BCUT2D eigenvalue weighted by atomic mass is 10.1. The average molecular weight is 300 g/mol. The van der Waals surface area contributed by atoms with E-state index in [0.29, 0.717) is 17.7 Å². The number of rotatable bonds is 7. The maximum atomic E-state index is 12.3. The van der Waals surface area contributed by atoms with Gasteiger partial charge in [0.1, 0.15) is 0 Å². The molecule has 0 aliphatic rings. The van der Waals surface area contributed by atoms with E-state index in [2.05, 4.69) is 0 Å². The number of benzene rings is 1. The van der Waals surface area contributed by atoms with Crippen molar-refractivity contribution in [2.45, 2.75) is 32.1 Å². The first-order valence-corrected chi connectivity index (χ1v) is 8.10. The van der Waals surface area contributed by atoms with Crippen LogP contribution in [0.15, 0.2) is 17.0 Å². The molecule has 1 aromatic carbocycles. The summed E-state index contributed by atoms with van der Waals surface area (Å²) in [4.78, 5) is 11.1. The average Bonchev–Trinajstić information content (AvgIpc) is 2.37. The van der Waals surface area contributed by atoms with Gasteiger partial charge >= 0.3 is 5.97 Å². The van der Waals surface area contributed by atoms with Crippen molar-refractivity contribution in [2.24, 2.45) is 0 Å². The molecular weight excluding hydrogens is 280 g/mol. The van der Waals surface area contributed by atoms with Gasteiger partial charge in [0.05, 0.1) is 22.8 Å². The molecule has 0 aromatic heterocycles. The predicted molar refractivity (Wildman–Crippen MR) is 76.0 cm³/mol. The Morgan fingerprint density at radius 3 is 2.45 bits per heavy atom. The van der Waals surface area contributed by atoms with Gasteiger partial charge in [-0.15, -0.1) is 0 Å². The molecule has 1 aromatic rings. The molecule has 0 fully saturated rings. The molecule has 0 aliphatic carbocycles. The van der Waals surface area contributed by atoms with Crippen LogP contribution < -0.4 is 0 Å². The van der Waals surface area contributed by atoms with E-state index in [9.17, 15) is 13.2 Å². The topological polar surface area (TPSA) is 80.7 Å². The third kappa shape index (κ3) is 4.05. The van der Waals surface area contributed by atoms with E-state index in [1.165, 1.54) is 12.1 Å². The summed E-state index contributed by atoms with van der Waals surface area (Å²) in [7, 11) is -3.54. The summed E-state index contributed by atoms with van der Waals surface area (Å²) in [5, 5.41) is 9.02. The van der Waals surface area contributed by atoms with Gasteiger partial charge in [0, 0.05) is 6.61 Å². The van der Waals surface area contributed by atoms with Gasteiger partial charge < -0.3 is 9.84 Å². The fraction of sp³-hybridized carbons (Fsp3) is 0.500. The molecule has 0 saturated carbocycles. The van der Waals surface area contributed by atoms with Crippen LogP contribution in [-0.4, -0.2) is 38.5 Å². The van der Waals surface area contributed by atoms with Crippen LogP contribution in [0, 0.1) is 13.8 Å². The number of hydrogen-bond donors (Lipinski definition) is 1. The van der Waals surface area contributed by atoms with E-state index in [4.69, 9.17) is 9.84 Å². The molecular formula is C14H20O5S. The van der Waals surface area contributed by atoms with Crippen LogP contribution in [0.4, 0.5) is 0 Å². The SMILES string of the molecule is CCCOCCS(=O)(=O)c1cc(C(=O)O)cc(C)c1C. The summed E-state index contributed by atoms with van der Waals surface area (Å²) >= 11 is 0. The molecule has 0 unspecified atom stereocenters. The predicted octanol–water partition coefficient (Wildman–Crippen LogP) is 2.20. The molecule has 0 spiro atoms. The number of carbonyl (C=O) groups is 1. The quantitative estimate of drug-likeness (QED) is 0.781. The Balaban J connectivity index is 3.07. The molecule has 112 valence electrons. The molecule has 0 aliphatic heterocycles. The maximum absolute atomic E-state index is 12.3. The number of aromatic carboxylic acids is 1. The number of carboxylic acids is 1. The Hall–Kier alpha value is -1.40. The Labute approximate surface area is 119 Å². The second-order valence-electron chi connectivity index (χ2n) is 4.65. The second-order valence-corrected chi connectivity index (χ2v) is 6.73. The molecule has 0 atom stereocenters. The monoisotopic (exact) mass is 300 g/mol. The van der Waals surface area contributed by atoms with Crippen molar-refractivity contribution in [3.8, 4) is 0 Å². The van der Waals surface area contributed by atoms with Crippen molar-refractivity contribution in [3.63, 3.8) is 0 Å². The van der Waals surface area contributed by atoms with Gasteiger partial charge in [-0.05, 0) is 43.5 Å². The Morgan fingerprint density at radius 1 is 1.25 bits per heavy atom. The van der Waals surface area contributed by atoms with E-state index >= 15 is 0 Å². The van der Waals surface area contributed by atoms with Crippen molar-refractivity contribution in [2.75, 3.05) is 19.0 Å².